The van der Waals surface area contributed by atoms with Crippen LogP contribution < -0.4 is 16.0 Å². The topological polar surface area (TPSA) is 174 Å². The average molecular weight is 634 g/mol. The van der Waals surface area contributed by atoms with Crippen LogP contribution in [0.5, 0.6) is 0 Å². The SMILES string of the molecule is CC(C)C[C@H](NC(=O)C[C@H](O)[C@H](CC1CCCCC1)NC(=O)CC[C@H](O)[C@H](Cc1ccccc1)NC(=O)OC(C)(C)C)C(=O)O. The predicted molar refractivity (Wildman–Crippen MR) is 171 cm³/mol. The molecule has 0 heterocycles. The Kier molecular flexibility index (Phi) is 15.8. The lowest BCUT2D eigenvalue weighted by atomic mass is 9.83. The van der Waals surface area contributed by atoms with Gasteiger partial charge in [-0.15, -0.1) is 0 Å². The van der Waals surface area contributed by atoms with Crippen LogP contribution in [-0.4, -0.2) is 75.1 Å². The number of ether oxygens (including phenoxy) is 1. The number of hydrogen-bond donors (Lipinski definition) is 6. The molecule has 1 aliphatic rings. The van der Waals surface area contributed by atoms with Gasteiger partial charge in [-0.25, -0.2) is 9.59 Å². The molecule has 5 atom stereocenters. The van der Waals surface area contributed by atoms with Gasteiger partial charge in [-0.3, -0.25) is 9.59 Å². The third-order valence-electron chi connectivity index (χ3n) is 7.99. The molecule has 0 saturated heterocycles. The predicted octanol–water partition coefficient (Wildman–Crippen LogP) is 4.09. The van der Waals surface area contributed by atoms with E-state index in [0.717, 1.165) is 37.7 Å². The van der Waals surface area contributed by atoms with Crippen LogP contribution in [-0.2, 0) is 25.5 Å². The second-order valence-electron chi connectivity index (χ2n) is 13.8. The fourth-order valence-corrected chi connectivity index (χ4v) is 5.74. The van der Waals surface area contributed by atoms with E-state index < -0.39 is 59.8 Å². The van der Waals surface area contributed by atoms with Gasteiger partial charge in [0.05, 0.1) is 30.7 Å². The molecule has 1 saturated carbocycles. The maximum Gasteiger partial charge on any atom is 0.407 e. The largest absolute Gasteiger partial charge is 0.480 e. The molecule has 0 aromatic heterocycles. The number of amides is 3. The molecule has 1 aromatic rings. The highest BCUT2D eigenvalue weighted by Gasteiger charge is 2.30. The number of benzene rings is 1. The molecule has 0 unspecified atom stereocenters. The Labute approximate surface area is 267 Å². The Bertz CT molecular complexity index is 1070. The molecular weight excluding hydrogens is 578 g/mol. The normalized spacial score (nSPS) is 17.4. The lowest BCUT2D eigenvalue weighted by Crippen LogP contribution is -2.49. The molecule has 2 rings (SSSR count). The Hall–Kier alpha value is -3.18. The van der Waals surface area contributed by atoms with Crippen LogP contribution in [0, 0.1) is 11.8 Å². The quantitative estimate of drug-likeness (QED) is 0.149. The molecule has 0 spiro atoms. The van der Waals surface area contributed by atoms with Crippen LogP contribution in [0.1, 0.15) is 104 Å². The lowest BCUT2D eigenvalue weighted by molar-refractivity contribution is -0.142. The number of carboxylic acid groups (broad SMARTS) is 1. The zero-order valence-electron chi connectivity index (χ0n) is 27.6. The number of carbonyl (C=O) groups is 4. The first-order chi connectivity index (χ1) is 21.1. The van der Waals surface area contributed by atoms with Crippen molar-refractivity contribution in [3.63, 3.8) is 0 Å². The third kappa shape index (κ3) is 15.6. The van der Waals surface area contributed by atoms with Crippen molar-refractivity contribution in [2.24, 2.45) is 11.8 Å². The fraction of sp³-hybridized carbons (Fsp3) is 0.706. The Morgan fingerprint density at radius 2 is 1.53 bits per heavy atom. The summed E-state index contributed by atoms with van der Waals surface area (Å²) in [6, 6.07) is 6.89. The van der Waals surface area contributed by atoms with E-state index in [9.17, 15) is 34.5 Å². The van der Waals surface area contributed by atoms with Crippen molar-refractivity contribution in [3.05, 3.63) is 35.9 Å². The summed E-state index contributed by atoms with van der Waals surface area (Å²) in [6.45, 7) is 8.97. The minimum atomic E-state index is -1.21. The molecule has 0 bridgehead atoms. The summed E-state index contributed by atoms with van der Waals surface area (Å²) in [5.74, 6) is -1.78. The van der Waals surface area contributed by atoms with Gasteiger partial charge in [0.1, 0.15) is 11.6 Å². The first-order valence-electron chi connectivity index (χ1n) is 16.3. The maximum absolute atomic E-state index is 13.1. The highest BCUT2D eigenvalue weighted by atomic mass is 16.6. The van der Waals surface area contributed by atoms with Crippen LogP contribution in [0.2, 0.25) is 0 Å². The first-order valence-corrected chi connectivity index (χ1v) is 16.3. The van der Waals surface area contributed by atoms with E-state index in [0.29, 0.717) is 12.8 Å². The molecule has 0 aliphatic heterocycles. The molecule has 45 heavy (non-hydrogen) atoms. The summed E-state index contributed by atoms with van der Waals surface area (Å²) in [6.07, 6.45) is 2.98. The molecule has 1 aliphatic carbocycles. The first kappa shape index (κ1) is 38.0. The van der Waals surface area contributed by atoms with Crippen molar-refractivity contribution in [1.82, 2.24) is 16.0 Å². The zero-order chi connectivity index (χ0) is 33.6. The summed E-state index contributed by atoms with van der Waals surface area (Å²) in [4.78, 5) is 50.0. The molecule has 11 heteroatoms. The smallest absolute Gasteiger partial charge is 0.407 e. The van der Waals surface area contributed by atoms with Crippen LogP contribution in [0.4, 0.5) is 4.79 Å². The van der Waals surface area contributed by atoms with Gasteiger partial charge < -0.3 is 36.0 Å². The Morgan fingerprint density at radius 1 is 0.889 bits per heavy atom. The molecule has 3 amide bonds. The van der Waals surface area contributed by atoms with Gasteiger partial charge in [-0.2, -0.15) is 0 Å². The molecule has 1 aromatic carbocycles. The third-order valence-corrected chi connectivity index (χ3v) is 7.99. The van der Waals surface area contributed by atoms with E-state index in [1.165, 1.54) is 0 Å². The monoisotopic (exact) mass is 633 g/mol. The highest BCUT2D eigenvalue weighted by Crippen LogP contribution is 2.28. The second kappa shape index (κ2) is 18.7. The summed E-state index contributed by atoms with van der Waals surface area (Å²) < 4.78 is 5.39. The van der Waals surface area contributed by atoms with E-state index in [1.54, 1.807) is 20.8 Å². The van der Waals surface area contributed by atoms with E-state index in [1.807, 2.05) is 44.2 Å². The number of carbonyl (C=O) groups excluding carboxylic acids is 3. The van der Waals surface area contributed by atoms with Crippen LogP contribution in [0.25, 0.3) is 0 Å². The van der Waals surface area contributed by atoms with Gasteiger partial charge in [0.15, 0.2) is 0 Å². The van der Waals surface area contributed by atoms with Crippen LogP contribution in [0.3, 0.4) is 0 Å². The van der Waals surface area contributed by atoms with Gasteiger partial charge in [-0.05, 0) is 63.9 Å². The van der Waals surface area contributed by atoms with Crippen molar-refractivity contribution in [2.45, 2.75) is 141 Å². The zero-order valence-corrected chi connectivity index (χ0v) is 27.6. The number of alkyl carbamates (subject to hydrolysis) is 1. The number of aliphatic carboxylic acids is 1. The minimum Gasteiger partial charge on any atom is -0.480 e. The average Bonchev–Trinajstić information content (AvgIpc) is 2.94. The number of nitrogens with one attached hydrogen (secondary N) is 3. The molecular formula is C34H55N3O8. The number of aliphatic hydroxyl groups excluding tert-OH is 2. The van der Waals surface area contributed by atoms with Crippen molar-refractivity contribution in [1.29, 1.82) is 0 Å². The summed E-state index contributed by atoms with van der Waals surface area (Å²) >= 11 is 0. The van der Waals surface area contributed by atoms with Crippen LogP contribution >= 0.6 is 0 Å². The fourth-order valence-electron chi connectivity index (χ4n) is 5.74. The van der Waals surface area contributed by atoms with Gasteiger partial charge in [0, 0.05) is 6.42 Å². The summed E-state index contributed by atoms with van der Waals surface area (Å²) in [5, 5.41) is 39.8. The van der Waals surface area contributed by atoms with Gasteiger partial charge in [-0.1, -0.05) is 76.3 Å². The lowest BCUT2D eigenvalue weighted by Gasteiger charge is -2.30. The summed E-state index contributed by atoms with van der Waals surface area (Å²) in [7, 11) is 0. The van der Waals surface area contributed by atoms with Crippen molar-refractivity contribution in [3.8, 4) is 0 Å². The number of carboxylic acids is 1. The van der Waals surface area contributed by atoms with Crippen molar-refractivity contribution >= 4 is 23.9 Å². The van der Waals surface area contributed by atoms with E-state index in [2.05, 4.69) is 16.0 Å². The maximum atomic E-state index is 13.1. The Balaban J connectivity index is 2.06. The van der Waals surface area contributed by atoms with E-state index in [-0.39, 0.29) is 37.5 Å². The summed E-state index contributed by atoms with van der Waals surface area (Å²) in [5.41, 5.74) is 0.176. The number of rotatable bonds is 17. The molecule has 6 N–H and O–H groups in total. The van der Waals surface area contributed by atoms with E-state index in [4.69, 9.17) is 4.74 Å². The standard InChI is InChI=1S/C34H55N3O8/c1-22(2)18-27(32(42)43)36-31(41)21-29(39)26(20-24-14-10-7-11-15-24)35-30(40)17-16-28(38)25(19-23-12-8-6-9-13-23)37-33(44)45-34(3,4)5/h6,8-9,12-13,22,24-29,38-39H,7,10-11,14-21H2,1-5H3,(H,35,40)(H,36,41)(H,37,44)(H,42,43)/t25-,26-,27-,28-,29-/m0/s1. The molecule has 11 nitrogen and oxygen atoms in total. The van der Waals surface area contributed by atoms with Gasteiger partial charge in [0.2, 0.25) is 11.8 Å². The molecule has 0 radical (unpaired) electrons. The minimum absolute atomic E-state index is 0.0430. The second-order valence-corrected chi connectivity index (χ2v) is 13.8. The Morgan fingerprint density at radius 3 is 2.11 bits per heavy atom. The number of hydrogen-bond acceptors (Lipinski definition) is 7. The van der Waals surface area contributed by atoms with E-state index >= 15 is 0 Å². The molecule has 254 valence electrons. The van der Waals surface area contributed by atoms with Gasteiger partial charge in [0.25, 0.3) is 0 Å². The van der Waals surface area contributed by atoms with Crippen molar-refractivity contribution in [2.75, 3.05) is 0 Å². The number of aliphatic hydroxyl groups is 2. The van der Waals surface area contributed by atoms with Crippen molar-refractivity contribution < 1.29 is 39.2 Å². The van der Waals surface area contributed by atoms with Gasteiger partial charge >= 0.3 is 12.1 Å². The van der Waals surface area contributed by atoms with Crippen LogP contribution in [0.15, 0.2) is 30.3 Å². The highest BCUT2D eigenvalue weighted by molar-refractivity contribution is 5.84. The molecule has 1 fully saturated rings.